The molecule has 2 unspecified atom stereocenters. The van der Waals surface area contributed by atoms with Crippen molar-refractivity contribution in [3.05, 3.63) is 34.9 Å². The Morgan fingerprint density at radius 2 is 1.37 bits per heavy atom. The number of hydrogen-bond donors (Lipinski definition) is 1. The standard InChI is InChI=1S/C18H31N/c1-11(2)14(7)18(19)16-9-8-15(12(3)4)10-17(16)13(5)6/h8-14,18H,19H2,1-7H3. The summed E-state index contributed by atoms with van der Waals surface area (Å²) in [7, 11) is 0. The minimum Gasteiger partial charge on any atom is -0.324 e. The van der Waals surface area contributed by atoms with Crippen LogP contribution in [0.25, 0.3) is 0 Å². The SMILES string of the molecule is CC(C)c1ccc(C(N)C(C)C(C)C)c(C(C)C)c1. The molecule has 0 saturated carbocycles. The molecule has 0 spiro atoms. The Morgan fingerprint density at radius 3 is 1.79 bits per heavy atom. The summed E-state index contributed by atoms with van der Waals surface area (Å²) in [5.74, 6) is 2.21. The molecule has 0 bridgehead atoms. The molecule has 1 heteroatoms. The lowest BCUT2D eigenvalue weighted by Crippen LogP contribution is -2.24. The van der Waals surface area contributed by atoms with Gasteiger partial charge in [-0.3, -0.25) is 0 Å². The number of rotatable bonds is 5. The molecule has 0 heterocycles. The molecule has 1 aromatic carbocycles. The van der Waals surface area contributed by atoms with Gasteiger partial charge in [0.15, 0.2) is 0 Å². The summed E-state index contributed by atoms with van der Waals surface area (Å²) in [4.78, 5) is 0. The van der Waals surface area contributed by atoms with E-state index in [1.807, 2.05) is 0 Å². The molecule has 1 nitrogen and oxygen atoms in total. The minimum atomic E-state index is 0.138. The summed E-state index contributed by atoms with van der Waals surface area (Å²) in [6, 6.07) is 7.00. The van der Waals surface area contributed by atoms with Crippen molar-refractivity contribution < 1.29 is 0 Å². The number of hydrogen-bond acceptors (Lipinski definition) is 1. The highest BCUT2D eigenvalue weighted by Gasteiger charge is 2.22. The fraction of sp³-hybridized carbons (Fsp3) is 0.667. The fourth-order valence-corrected chi connectivity index (χ4v) is 2.45. The zero-order valence-corrected chi connectivity index (χ0v) is 13.7. The van der Waals surface area contributed by atoms with Gasteiger partial charge in [0.25, 0.3) is 0 Å². The highest BCUT2D eigenvalue weighted by molar-refractivity contribution is 5.37. The van der Waals surface area contributed by atoms with Crippen LogP contribution in [-0.2, 0) is 0 Å². The van der Waals surface area contributed by atoms with Crippen molar-refractivity contribution in [2.24, 2.45) is 17.6 Å². The Hall–Kier alpha value is -0.820. The van der Waals surface area contributed by atoms with Gasteiger partial charge in [-0.1, -0.05) is 66.7 Å². The quantitative estimate of drug-likeness (QED) is 0.772. The van der Waals surface area contributed by atoms with Crippen molar-refractivity contribution >= 4 is 0 Å². The maximum atomic E-state index is 6.50. The molecule has 19 heavy (non-hydrogen) atoms. The number of nitrogens with two attached hydrogens (primary N) is 1. The molecular weight excluding hydrogens is 230 g/mol. The molecule has 0 aliphatic carbocycles. The molecule has 2 N–H and O–H groups in total. The highest BCUT2D eigenvalue weighted by Crippen LogP contribution is 2.33. The maximum absolute atomic E-state index is 6.50. The van der Waals surface area contributed by atoms with Crippen molar-refractivity contribution in [3.8, 4) is 0 Å². The van der Waals surface area contributed by atoms with E-state index in [1.54, 1.807) is 0 Å². The third-order valence-corrected chi connectivity index (χ3v) is 4.38. The summed E-state index contributed by atoms with van der Waals surface area (Å²) < 4.78 is 0. The van der Waals surface area contributed by atoms with Crippen LogP contribution in [0.15, 0.2) is 18.2 Å². The second-order valence-corrected chi connectivity index (χ2v) is 6.83. The van der Waals surface area contributed by atoms with Gasteiger partial charge in [0.1, 0.15) is 0 Å². The zero-order chi connectivity index (χ0) is 14.7. The summed E-state index contributed by atoms with van der Waals surface area (Å²) in [5.41, 5.74) is 10.7. The summed E-state index contributed by atoms with van der Waals surface area (Å²) >= 11 is 0. The first-order valence-corrected chi connectivity index (χ1v) is 7.65. The number of benzene rings is 1. The predicted octanol–water partition coefficient (Wildman–Crippen LogP) is 5.23. The van der Waals surface area contributed by atoms with Crippen LogP contribution in [0.4, 0.5) is 0 Å². The smallest absolute Gasteiger partial charge is 0.0326 e. The minimum absolute atomic E-state index is 0.138. The van der Waals surface area contributed by atoms with E-state index in [2.05, 4.69) is 66.7 Å². The van der Waals surface area contributed by atoms with Crippen molar-refractivity contribution in [1.29, 1.82) is 0 Å². The van der Waals surface area contributed by atoms with E-state index in [1.165, 1.54) is 16.7 Å². The van der Waals surface area contributed by atoms with Crippen molar-refractivity contribution in [3.63, 3.8) is 0 Å². The van der Waals surface area contributed by atoms with Crippen LogP contribution in [-0.4, -0.2) is 0 Å². The van der Waals surface area contributed by atoms with Gasteiger partial charge < -0.3 is 5.73 Å². The molecule has 108 valence electrons. The van der Waals surface area contributed by atoms with E-state index in [4.69, 9.17) is 5.73 Å². The van der Waals surface area contributed by atoms with Gasteiger partial charge in [-0.25, -0.2) is 0 Å². The van der Waals surface area contributed by atoms with Crippen molar-refractivity contribution in [1.82, 2.24) is 0 Å². The summed E-state index contributed by atoms with van der Waals surface area (Å²) in [6.07, 6.45) is 0. The first-order chi connectivity index (χ1) is 8.75. The topological polar surface area (TPSA) is 26.0 Å². The molecular formula is C18H31N. The molecule has 2 atom stereocenters. The van der Waals surface area contributed by atoms with Crippen molar-refractivity contribution in [2.75, 3.05) is 0 Å². The normalized spacial score (nSPS) is 15.3. The maximum Gasteiger partial charge on any atom is 0.0326 e. The zero-order valence-electron chi connectivity index (χ0n) is 13.7. The van der Waals surface area contributed by atoms with Gasteiger partial charge in [-0.2, -0.15) is 0 Å². The first kappa shape index (κ1) is 16.2. The van der Waals surface area contributed by atoms with Gasteiger partial charge in [0, 0.05) is 6.04 Å². The first-order valence-electron chi connectivity index (χ1n) is 7.65. The second kappa shape index (κ2) is 6.56. The monoisotopic (exact) mass is 261 g/mol. The Kier molecular flexibility index (Phi) is 5.61. The van der Waals surface area contributed by atoms with E-state index in [0.29, 0.717) is 23.7 Å². The Labute approximate surface area is 119 Å². The highest BCUT2D eigenvalue weighted by atomic mass is 14.7. The Bertz CT molecular complexity index is 404. The third kappa shape index (κ3) is 3.82. The van der Waals surface area contributed by atoms with Crippen molar-refractivity contribution in [2.45, 2.75) is 66.3 Å². The summed E-state index contributed by atoms with van der Waals surface area (Å²) in [6.45, 7) is 15.8. The third-order valence-electron chi connectivity index (χ3n) is 4.38. The van der Waals surface area contributed by atoms with Crippen LogP contribution < -0.4 is 5.73 Å². The van der Waals surface area contributed by atoms with E-state index in [0.717, 1.165) is 0 Å². The van der Waals surface area contributed by atoms with Gasteiger partial charge in [0.2, 0.25) is 0 Å². The summed E-state index contributed by atoms with van der Waals surface area (Å²) in [5, 5.41) is 0. The predicted molar refractivity (Wildman–Crippen MR) is 85.6 cm³/mol. The van der Waals surface area contributed by atoms with E-state index >= 15 is 0 Å². The van der Waals surface area contributed by atoms with Gasteiger partial charge in [-0.05, 0) is 40.4 Å². The average Bonchev–Trinajstić information content (AvgIpc) is 2.35. The van der Waals surface area contributed by atoms with E-state index < -0.39 is 0 Å². The molecule has 0 aromatic heterocycles. The molecule has 0 aliphatic heterocycles. The Morgan fingerprint density at radius 1 is 0.789 bits per heavy atom. The van der Waals surface area contributed by atoms with Crippen LogP contribution in [0.2, 0.25) is 0 Å². The fourth-order valence-electron chi connectivity index (χ4n) is 2.45. The lowest BCUT2D eigenvalue weighted by atomic mass is 9.81. The van der Waals surface area contributed by atoms with E-state index in [-0.39, 0.29) is 6.04 Å². The van der Waals surface area contributed by atoms with Gasteiger partial charge >= 0.3 is 0 Å². The van der Waals surface area contributed by atoms with E-state index in [9.17, 15) is 0 Å². The van der Waals surface area contributed by atoms with Gasteiger partial charge in [0.05, 0.1) is 0 Å². The molecule has 0 amide bonds. The molecule has 1 aromatic rings. The lowest BCUT2D eigenvalue weighted by Gasteiger charge is -2.27. The van der Waals surface area contributed by atoms with Crippen LogP contribution in [0.5, 0.6) is 0 Å². The largest absolute Gasteiger partial charge is 0.324 e. The van der Waals surface area contributed by atoms with Gasteiger partial charge in [-0.15, -0.1) is 0 Å². The van der Waals surface area contributed by atoms with Crippen LogP contribution in [0, 0.1) is 11.8 Å². The second-order valence-electron chi connectivity index (χ2n) is 6.83. The average molecular weight is 261 g/mol. The van der Waals surface area contributed by atoms with Crippen LogP contribution in [0.3, 0.4) is 0 Å². The molecule has 0 saturated heterocycles. The molecule has 1 rings (SSSR count). The lowest BCUT2D eigenvalue weighted by molar-refractivity contribution is 0.350. The molecule has 0 radical (unpaired) electrons. The molecule has 0 fully saturated rings. The van der Waals surface area contributed by atoms with Crippen LogP contribution >= 0.6 is 0 Å². The van der Waals surface area contributed by atoms with Crippen LogP contribution in [0.1, 0.15) is 83.0 Å². The Balaban J connectivity index is 3.20. The molecule has 0 aliphatic rings.